The second-order valence-corrected chi connectivity index (χ2v) is 4.57. The first-order chi connectivity index (χ1) is 9.31. The monoisotopic (exact) mass is 338 g/mol. The third-order valence-corrected chi connectivity index (χ3v) is 3.33. The molecule has 0 saturated heterocycles. The van der Waals surface area contributed by atoms with Crippen molar-refractivity contribution in [3.63, 3.8) is 0 Å². The molecule has 3 rings (SSSR count). The summed E-state index contributed by atoms with van der Waals surface area (Å²) in [6, 6.07) is 8.09. The number of hydrogen-bond donors (Lipinski definition) is 0. The van der Waals surface area contributed by atoms with Crippen LogP contribution in [0, 0.1) is 0 Å². The largest absolute Gasteiger partial charge is 1.00 e. The van der Waals surface area contributed by atoms with Crippen molar-refractivity contribution in [3.8, 4) is 0 Å². The fourth-order valence-electron chi connectivity index (χ4n) is 2.57. The molecule has 0 aromatic heterocycles. The van der Waals surface area contributed by atoms with Crippen LogP contribution in [0.15, 0.2) is 29.3 Å². The van der Waals surface area contributed by atoms with Gasteiger partial charge in [-0.3, -0.25) is 14.7 Å². The number of aliphatic imine (C=N–C) groups is 1. The fourth-order valence-corrected chi connectivity index (χ4v) is 2.57. The van der Waals surface area contributed by atoms with Crippen LogP contribution in [0.2, 0.25) is 0 Å². The molecule has 108 valence electrons. The minimum atomic E-state index is -0.215. The van der Waals surface area contributed by atoms with Crippen LogP contribution in [-0.4, -0.2) is 38.2 Å². The van der Waals surface area contributed by atoms with Crippen LogP contribution in [0.1, 0.15) is 13.3 Å². The highest BCUT2D eigenvalue weighted by molar-refractivity contribution is 6.17. The summed E-state index contributed by atoms with van der Waals surface area (Å²) in [6.07, 6.45) is 1.05. The summed E-state index contributed by atoms with van der Waals surface area (Å²) in [4.78, 5) is 20.4. The van der Waals surface area contributed by atoms with Crippen molar-refractivity contribution >= 4 is 23.3 Å². The van der Waals surface area contributed by atoms with E-state index in [-0.39, 0.29) is 29.5 Å². The lowest BCUT2D eigenvalue weighted by atomic mass is 10.2. The van der Waals surface area contributed by atoms with E-state index in [0.29, 0.717) is 6.61 Å². The topological polar surface area (TPSA) is 45.1 Å². The normalized spacial score (nSPS) is 15.9. The number of esters is 1. The second-order valence-electron chi connectivity index (χ2n) is 4.57. The molecule has 0 radical (unpaired) electrons. The zero-order chi connectivity index (χ0) is 13.2. The Morgan fingerprint density at radius 3 is 2.85 bits per heavy atom. The van der Waals surface area contributed by atoms with Crippen molar-refractivity contribution in [1.82, 2.24) is 0 Å². The summed E-state index contributed by atoms with van der Waals surface area (Å²) < 4.78 is 5.04. The number of hydrogen-bond acceptors (Lipinski definition) is 5. The van der Waals surface area contributed by atoms with Crippen molar-refractivity contribution in [3.05, 3.63) is 24.3 Å². The SMILES string of the molecule is CCOC(=O)CN1C2=NCCCN2c2ccccc21.[Br-]. The molecule has 2 aliphatic heterocycles. The summed E-state index contributed by atoms with van der Waals surface area (Å²) in [5.41, 5.74) is 2.17. The van der Waals surface area contributed by atoms with Gasteiger partial charge < -0.3 is 26.6 Å². The van der Waals surface area contributed by atoms with Crippen molar-refractivity contribution in [2.24, 2.45) is 4.99 Å². The zero-order valence-corrected chi connectivity index (χ0v) is 13.0. The molecule has 2 aliphatic rings. The molecule has 0 amide bonds. The van der Waals surface area contributed by atoms with Crippen molar-refractivity contribution in [2.45, 2.75) is 13.3 Å². The molecular weight excluding hydrogens is 322 g/mol. The van der Waals surface area contributed by atoms with Crippen LogP contribution < -0.4 is 26.8 Å². The molecule has 1 aromatic rings. The maximum absolute atomic E-state index is 11.7. The maximum atomic E-state index is 11.7. The van der Waals surface area contributed by atoms with Gasteiger partial charge in [-0.1, -0.05) is 12.1 Å². The fraction of sp³-hybridized carbons (Fsp3) is 0.429. The predicted octanol–water partition coefficient (Wildman–Crippen LogP) is -1.36. The average molecular weight is 339 g/mol. The first kappa shape index (κ1) is 14.8. The molecule has 5 nitrogen and oxygen atoms in total. The van der Waals surface area contributed by atoms with Crippen LogP contribution in [0.3, 0.4) is 0 Å². The Hall–Kier alpha value is -1.56. The maximum Gasteiger partial charge on any atom is 0.326 e. The Morgan fingerprint density at radius 1 is 1.35 bits per heavy atom. The third-order valence-electron chi connectivity index (χ3n) is 3.33. The number of anilines is 2. The van der Waals surface area contributed by atoms with E-state index < -0.39 is 0 Å². The zero-order valence-electron chi connectivity index (χ0n) is 11.4. The molecule has 0 unspecified atom stereocenters. The van der Waals surface area contributed by atoms with Crippen molar-refractivity contribution < 1.29 is 26.5 Å². The van der Waals surface area contributed by atoms with Crippen molar-refractivity contribution in [1.29, 1.82) is 0 Å². The summed E-state index contributed by atoms with van der Waals surface area (Å²) in [7, 11) is 0. The van der Waals surface area contributed by atoms with Gasteiger partial charge in [0.2, 0.25) is 5.96 Å². The van der Waals surface area contributed by atoms with Crippen LogP contribution in [0.5, 0.6) is 0 Å². The second kappa shape index (κ2) is 6.26. The molecule has 20 heavy (non-hydrogen) atoms. The van der Waals surface area contributed by atoms with Crippen LogP contribution in [-0.2, 0) is 9.53 Å². The summed E-state index contributed by atoms with van der Waals surface area (Å²) in [6.45, 7) is 4.22. The molecule has 0 atom stereocenters. The Balaban J connectivity index is 0.00000147. The molecular formula is C14H17BrN3O2-. The van der Waals surface area contributed by atoms with E-state index >= 15 is 0 Å². The molecule has 0 aliphatic carbocycles. The van der Waals surface area contributed by atoms with Crippen LogP contribution in [0.4, 0.5) is 11.4 Å². The van der Waals surface area contributed by atoms with E-state index in [4.69, 9.17) is 4.74 Å². The number of nitrogens with zero attached hydrogens (tertiary/aromatic N) is 3. The molecule has 0 saturated carbocycles. The Morgan fingerprint density at radius 2 is 2.10 bits per heavy atom. The van der Waals surface area contributed by atoms with Gasteiger partial charge in [0.25, 0.3) is 0 Å². The third kappa shape index (κ3) is 2.52. The van der Waals surface area contributed by atoms with Gasteiger partial charge in [0, 0.05) is 13.1 Å². The number of ether oxygens (including phenoxy) is 1. The lowest BCUT2D eigenvalue weighted by Gasteiger charge is -2.26. The molecule has 0 N–H and O–H groups in total. The van der Waals surface area contributed by atoms with Gasteiger partial charge >= 0.3 is 5.97 Å². The Labute approximate surface area is 129 Å². The van der Waals surface area contributed by atoms with Gasteiger partial charge in [0.15, 0.2) is 0 Å². The molecule has 2 heterocycles. The van der Waals surface area contributed by atoms with Gasteiger partial charge in [-0.15, -0.1) is 0 Å². The Bertz CT molecular complexity index is 533. The Kier molecular flexibility index (Phi) is 4.65. The van der Waals surface area contributed by atoms with Gasteiger partial charge in [-0.05, 0) is 25.5 Å². The summed E-state index contributed by atoms with van der Waals surface area (Å²) in [5.74, 6) is 0.660. The lowest BCUT2D eigenvalue weighted by molar-refractivity contribution is -0.141. The highest BCUT2D eigenvalue weighted by Gasteiger charge is 2.34. The predicted molar refractivity (Wildman–Crippen MR) is 74.7 cm³/mol. The summed E-state index contributed by atoms with van der Waals surface area (Å²) >= 11 is 0. The quantitative estimate of drug-likeness (QED) is 0.639. The highest BCUT2D eigenvalue weighted by Crippen LogP contribution is 2.37. The minimum absolute atomic E-state index is 0. The lowest BCUT2D eigenvalue weighted by Crippen LogP contribution is -3.00. The average Bonchev–Trinajstić information content (AvgIpc) is 2.75. The first-order valence-corrected chi connectivity index (χ1v) is 6.65. The van der Waals surface area contributed by atoms with Gasteiger partial charge in [-0.2, -0.15) is 0 Å². The molecule has 6 heteroatoms. The smallest absolute Gasteiger partial charge is 0.326 e. The number of benzene rings is 1. The van der Waals surface area contributed by atoms with Crippen LogP contribution >= 0.6 is 0 Å². The van der Waals surface area contributed by atoms with Gasteiger partial charge in [0.1, 0.15) is 6.54 Å². The number of halogens is 1. The minimum Gasteiger partial charge on any atom is -1.00 e. The van der Waals surface area contributed by atoms with E-state index in [1.165, 1.54) is 0 Å². The number of para-hydroxylation sites is 2. The molecule has 0 fully saturated rings. The number of fused-ring (bicyclic) bond motifs is 3. The van der Waals surface area contributed by atoms with E-state index in [1.54, 1.807) is 0 Å². The number of carbonyl (C=O) groups is 1. The van der Waals surface area contributed by atoms with E-state index in [1.807, 2.05) is 30.0 Å². The van der Waals surface area contributed by atoms with E-state index in [2.05, 4.69) is 16.0 Å². The number of guanidine groups is 1. The first-order valence-electron chi connectivity index (χ1n) is 6.65. The number of carbonyl (C=O) groups excluding carboxylic acids is 1. The van der Waals surface area contributed by atoms with E-state index in [9.17, 15) is 4.79 Å². The number of rotatable bonds is 3. The molecule has 0 spiro atoms. The highest BCUT2D eigenvalue weighted by atomic mass is 79.9. The van der Waals surface area contributed by atoms with Crippen LogP contribution in [0.25, 0.3) is 0 Å². The summed E-state index contributed by atoms with van der Waals surface area (Å²) in [5, 5.41) is 0. The van der Waals surface area contributed by atoms with Crippen molar-refractivity contribution in [2.75, 3.05) is 36.0 Å². The molecule has 1 aromatic carbocycles. The van der Waals surface area contributed by atoms with E-state index in [0.717, 1.165) is 36.8 Å². The standard InChI is InChI=1S/C14H17N3O2.BrH/c1-2-19-13(18)10-17-12-7-4-3-6-11(12)16-9-5-8-15-14(16)17;/h3-4,6-7H,2,5,8-10H2,1H3;1H/p-1. The van der Waals surface area contributed by atoms with Gasteiger partial charge in [0.05, 0.1) is 18.0 Å². The molecule has 0 bridgehead atoms. The van der Waals surface area contributed by atoms with Gasteiger partial charge in [-0.25, -0.2) is 0 Å².